The first kappa shape index (κ1) is 12.6. The Hall–Kier alpha value is -2.46. The summed E-state index contributed by atoms with van der Waals surface area (Å²) in [6, 6.07) is 17.1. The van der Waals surface area contributed by atoms with Crippen molar-refractivity contribution in [2.45, 2.75) is 12.1 Å². The van der Waals surface area contributed by atoms with Gasteiger partial charge in [-0.1, -0.05) is 48.5 Å². The second kappa shape index (κ2) is 4.90. The smallest absolute Gasteiger partial charge is 0.261 e. The highest BCUT2D eigenvalue weighted by atomic mass is 16.3. The molecule has 2 aromatic rings. The van der Waals surface area contributed by atoms with Crippen LogP contribution in [-0.4, -0.2) is 27.9 Å². The first-order valence-corrected chi connectivity index (χ1v) is 6.35. The monoisotopic (exact) mass is 267 g/mol. The topological polar surface area (TPSA) is 57.6 Å². The third kappa shape index (κ3) is 1.90. The minimum absolute atomic E-state index is 0.380. The summed E-state index contributed by atoms with van der Waals surface area (Å²) in [5, 5.41) is 9.85. The second-order valence-electron chi connectivity index (χ2n) is 4.68. The van der Waals surface area contributed by atoms with E-state index in [1.165, 1.54) is 0 Å². The van der Waals surface area contributed by atoms with Crippen LogP contribution in [0.2, 0.25) is 0 Å². The molecule has 0 aromatic heterocycles. The molecule has 0 spiro atoms. The van der Waals surface area contributed by atoms with Crippen LogP contribution in [0.15, 0.2) is 60.7 Å². The molecule has 1 heterocycles. The van der Waals surface area contributed by atoms with Crippen molar-refractivity contribution in [1.82, 2.24) is 4.90 Å². The number of carbonyl (C=O) groups excluding carboxylic acids is 2. The highest BCUT2D eigenvalue weighted by molar-refractivity contribution is 6.10. The summed E-state index contributed by atoms with van der Waals surface area (Å²) in [4.78, 5) is 25.3. The second-order valence-corrected chi connectivity index (χ2v) is 4.68. The van der Waals surface area contributed by atoms with Crippen LogP contribution in [0.3, 0.4) is 0 Å². The summed E-state index contributed by atoms with van der Waals surface area (Å²) in [7, 11) is 0. The van der Waals surface area contributed by atoms with Crippen molar-refractivity contribution in [2.75, 3.05) is 0 Å². The van der Waals surface area contributed by atoms with Crippen LogP contribution in [0.25, 0.3) is 0 Å². The van der Waals surface area contributed by atoms with Gasteiger partial charge >= 0.3 is 0 Å². The van der Waals surface area contributed by atoms with E-state index in [0.29, 0.717) is 5.56 Å². The Labute approximate surface area is 116 Å². The van der Waals surface area contributed by atoms with Gasteiger partial charge in [-0.05, 0) is 17.7 Å². The van der Waals surface area contributed by atoms with E-state index in [1.54, 1.807) is 42.5 Å². The fourth-order valence-electron chi connectivity index (χ4n) is 2.40. The van der Waals surface area contributed by atoms with E-state index in [0.717, 1.165) is 10.5 Å². The van der Waals surface area contributed by atoms with Crippen molar-refractivity contribution in [1.29, 1.82) is 0 Å². The number of hydrogen-bond donors (Lipinski definition) is 1. The Morgan fingerprint density at radius 3 is 2.10 bits per heavy atom. The maximum absolute atomic E-state index is 12.4. The van der Waals surface area contributed by atoms with Gasteiger partial charge < -0.3 is 5.11 Å². The van der Waals surface area contributed by atoms with Crippen LogP contribution < -0.4 is 0 Å². The lowest BCUT2D eigenvalue weighted by Crippen LogP contribution is -2.60. The van der Waals surface area contributed by atoms with Gasteiger partial charge in [0.25, 0.3) is 11.8 Å². The minimum Gasteiger partial charge on any atom is -0.381 e. The summed E-state index contributed by atoms with van der Waals surface area (Å²) >= 11 is 0. The molecule has 2 atom stereocenters. The zero-order valence-corrected chi connectivity index (χ0v) is 10.6. The fourth-order valence-corrected chi connectivity index (χ4v) is 2.40. The largest absolute Gasteiger partial charge is 0.381 e. The van der Waals surface area contributed by atoms with Gasteiger partial charge in [-0.3, -0.25) is 14.5 Å². The average Bonchev–Trinajstić information content (AvgIpc) is 2.52. The number of hydrogen-bond acceptors (Lipinski definition) is 3. The molecule has 20 heavy (non-hydrogen) atoms. The van der Waals surface area contributed by atoms with Gasteiger partial charge in [0.2, 0.25) is 0 Å². The Kier molecular flexibility index (Phi) is 3.08. The molecule has 100 valence electrons. The number of imide groups is 1. The third-order valence-corrected chi connectivity index (χ3v) is 3.45. The van der Waals surface area contributed by atoms with Gasteiger partial charge in [0, 0.05) is 5.56 Å². The summed E-state index contributed by atoms with van der Waals surface area (Å²) in [6.07, 6.45) is -1.15. The average molecular weight is 267 g/mol. The number of likely N-dealkylation sites (tertiary alicyclic amines) is 1. The number of β-lactam (4-membered cyclic amide) rings is 1. The van der Waals surface area contributed by atoms with Crippen molar-refractivity contribution in [3.05, 3.63) is 71.8 Å². The molecule has 0 bridgehead atoms. The molecule has 1 fully saturated rings. The predicted molar refractivity (Wildman–Crippen MR) is 72.8 cm³/mol. The fraction of sp³-hybridized carbons (Fsp3) is 0.125. The lowest BCUT2D eigenvalue weighted by Gasteiger charge is -2.43. The molecule has 4 nitrogen and oxygen atoms in total. The van der Waals surface area contributed by atoms with Gasteiger partial charge in [-0.2, -0.15) is 0 Å². The van der Waals surface area contributed by atoms with E-state index in [2.05, 4.69) is 0 Å². The number of rotatable bonds is 2. The van der Waals surface area contributed by atoms with Crippen LogP contribution >= 0.6 is 0 Å². The lowest BCUT2D eigenvalue weighted by atomic mass is 9.90. The quantitative estimate of drug-likeness (QED) is 0.666. The molecule has 2 aromatic carbocycles. The van der Waals surface area contributed by atoms with Gasteiger partial charge in [0.15, 0.2) is 6.10 Å². The minimum atomic E-state index is -1.15. The molecule has 1 N–H and O–H groups in total. The highest BCUT2D eigenvalue weighted by Gasteiger charge is 2.50. The van der Waals surface area contributed by atoms with Gasteiger partial charge in [0.05, 0.1) is 0 Å². The zero-order chi connectivity index (χ0) is 14.1. The molecule has 2 amide bonds. The van der Waals surface area contributed by atoms with Crippen LogP contribution in [0.4, 0.5) is 0 Å². The molecular formula is C16H13NO3. The molecule has 1 aliphatic rings. The van der Waals surface area contributed by atoms with E-state index >= 15 is 0 Å². The Morgan fingerprint density at radius 2 is 1.50 bits per heavy atom. The molecule has 3 rings (SSSR count). The number of aliphatic hydroxyl groups is 1. The number of aliphatic hydroxyl groups excluding tert-OH is 1. The third-order valence-electron chi connectivity index (χ3n) is 3.45. The van der Waals surface area contributed by atoms with Gasteiger partial charge in [-0.25, -0.2) is 0 Å². The van der Waals surface area contributed by atoms with E-state index in [-0.39, 0.29) is 5.91 Å². The van der Waals surface area contributed by atoms with Gasteiger partial charge in [-0.15, -0.1) is 0 Å². The lowest BCUT2D eigenvalue weighted by molar-refractivity contribution is -0.160. The van der Waals surface area contributed by atoms with Crippen molar-refractivity contribution in [3.8, 4) is 0 Å². The SMILES string of the molecule is O=C(c1ccccc1)N1C(=O)[C@H](O)[C@@H]1c1ccccc1. The summed E-state index contributed by atoms with van der Waals surface area (Å²) in [5.41, 5.74) is 1.19. The van der Waals surface area contributed by atoms with Crippen LogP contribution in [0, 0.1) is 0 Å². The van der Waals surface area contributed by atoms with Crippen LogP contribution in [0.1, 0.15) is 22.0 Å². The number of carbonyl (C=O) groups is 2. The molecule has 4 heteroatoms. The van der Waals surface area contributed by atoms with E-state index in [1.807, 2.05) is 18.2 Å². The predicted octanol–water partition coefficient (Wildman–Crippen LogP) is 1.77. The van der Waals surface area contributed by atoms with Crippen molar-refractivity contribution < 1.29 is 14.7 Å². The first-order chi connectivity index (χ1) is 9.70. The number of benzene rings is 2. The van der Waals surface area contributed by atoms with Crippen molar-refractivity contribution >= 4 is 11.8 Å². The summed E-state index contributed by atoms with van der Waals surface area (Å²) in [6.45, 7) is 0. The van der Waals surface area contributed by atoms with Crippen LogP contribution in [-0.2, 0) is 4.79 Å². The molecule has 0 aliphatic carbocycles. The van der Waals surface area contributed by atoms with Crippen LogP contribution in [0.5, 0.6) is 0 Å². The van der Waals surface area contributed by atoms with E-state index in [4.69, 9.17) is 0 Å². The molecule has 0 unspecified atom stereocenters. The Morgan fingerprint density at radius 1 is 0.950 bits per heavy atom. The molecule has 0 saturated carbocycles. The molecule has 1 saturated heterocycles. The standard InChI is InChI=1S/C16H13NO3/c18-14-13(11-7-3-1-4-8-11)17(16(14)20)15(19)12-9-5-2-6-10-12/h1-10,13-14,18H/t13-,14+/m0/s1. The Balaban J connectivity index is 1.92. The van der Waals surface area contributed by atoms with E-state index < -0.39 is 18.1 Å². The summed E-state index contributed by atoms with van der Waals surface area (Å²) < 4.78 is 0. The van der Waals surface area contributed by atoms with Crippen molar-refractivity contribution in [3.63, 3.8) is 0 Å². The normalized spacial score (nSPS) is 21.4. The molecule has 0 radical (unpaired) electrons. The molecule has 1 aliphatic heterocycles. The highest BCUT2D eigenvalue weighted by Crippen LogP contribution is 2.35. The van der Waals surface area contributed by atoms with E-state index in [9.17, 15) is 14.7 Å². The Bertz CT molecular complexity index is 639. The summed E-state index contributed by atoms with van der Waals surface area (Å²) in [5.74, 6) is -0.928. The van der Waals surface area contributed by atoms with Gasteiger partial charge in [0.1, 0.15) is 6.04 Å². The maximum Gasteiger partial charge on any atom is 0.261 e. The number of amides is 2. The van der Waals surface area contributed by atoms with Crippen molar-refractivity contribution in [2.24, 2.45) is 0 Å². The molecular weight excluding hydrogens is 254 g/mol. The zero-order valence-electron chi connectivity index (χ0n) is 10.6. The maximum atomic E-state index is 12.4. The number of nitrogens with zero attached hydrogens (tertiary/aromatic N) is 1. The first-order valence-electron chi connectivity index (χ1n) is 6.35.